The minimum atomic E-state index is -11.1. The van der Waals surface area contributed by atoms with Crippen molar-refractivity contribution < 1.29 is 125 Å². The Morgan fingerprint density at radius 1 is 0.152 bits per heavy atom. The molecule has 66 heavy (non-hydrogen) atoms. The van der Waals surface area contributed by atoms with Crippen molar-refractivity contribution >= 4 is 331 Å². The van der Waals surface area contributed by atoms with Gasteiger partial charge >= 0.3 is 210 Å². The predicted molar refractivity (Wildman–Crippen MR) is 265 cm³/mol. The van der Waals surface area contributed by atoms with Crippen LogP contribution in [-0.2, 0) is 73.3 Å². The molecule has 0 rings (SSSR count). The average molecular weight is 1800 g/mol. The Balaban J connectivity index is -0.0000000486. The standard InChI is InChI=1S/6CH2S3.6AsF6/c6*2-1(3)4;6*2-1(3,4,5,6)7/h6*(H2,2,3,4);;;;;;/q;;;;;;6*-1/p+6. The van der Waals surface area contributed by atoms with Crippen molar-refractivity contribution in [3.8, 4) is 0 Å². The van der Waals surface area contributed by atoms with E-state index in [-0.39, 0.29) is 0 Å². The maximum absolute atomic E-state index is 11.1. The van der Waals surface area contributed by atoms with Gasteiger partial charge in [0, 0.05) is 0 Å². The summed E-state index contributed by atoms with van der Waals surface area (Å²) in [6, 6.07) is 0. The van der Waals surface area contributed by atoms with Crippen LogP contribution in [0.1, 0.15) is 0 Å². The second-order valence-corrected chi connectivity index (χ2v) is 46.1. The zero-order chi connectivity index (χ0) is 59.9. The Bertz CT molecular complexity index is 1140. The van der Waals surface area contributed by atoms with E-state index in [0.717, 1.165) is 0 Å². The summed E-state index contributed by atoms with van der Waals surface area (Å²) < 4.78 is 360. The van der Waals surface area contributed by atoms with Crippen LogP contribution >= 0.6 is 152 Å². The minimum Gasteiger partial charge on any atom is -0.0754 e. The summed E-state index contributed by atoms with van der Waals surface area (Å²) in [5.41, 5.74) is 0. The molecule has 0 aromatic carbocycles. The first-order chi connectivity index (χ1) is 25.1. The Morgan fingerprint density at radius 3 is 0.152 bits per heavy atom. The molecular weight excluding hydrogens is 1780 g/mol. The van der Waals surface area contributed by atoms with Gasteiger partial charge in [0.05, 0.1) is 0 Å². The fourth-order valence-electron chi connectivity index (χ4n) is 0. The molecule has 0 nitrogen and oxygen atoms in total. The summed E-state index contributed by atoms with van der Waals surface area (Å²) in [6.07, 6.45) is 0. The van der Waals surface area contributed by atoms with Gasteiger partial charge < -0.3 is 0 Å². The maximum Gasteiger partial charge on any atom is 0.283 e. The van der Waals surface area contributed by atoms with Crippen LogP contribution in [0.3, 0.4) is 0 Å². The molecule has 0 spiro atoms. The van der Waals surface area contributed by atoms with Gasteiger partial charge in [-0.2, -0.15) is 0 Å². The molecular formula is C6H18As6F36S18. The molecule has 0 amide bonds. The van der Waals surface area contributed by atoms with E-state index in [9.17, 15) is 125 Å². The van der Waals surface area contributed by atoms with Crippen LogP contribution in [0.25, 0.3) is 0 Å². The van der Waals surface area contributed by atoms with E-state index >= 15 is 0 Å². The molecule has 0 radical (unpaired) electrons. The van der Waals surface area contributed by atoms with Crippen molar-refractivity contribution in [2.45, 2.75) is 0 Å². The van der Waals surface area contributed by atoms with Gasteiger partial charge in [-0.3, -0.25) is 0 Å². The van der Waals surface area contributed by atoms with Crippen molar-refractivity contribution in [1.29, 1.82) is 0 Å². The molecule has 0 saturated heterocycles. The number of thiol groups is 18. The molecule has 0 aliphatic rings. The van der Waals surface area contributed by atoms with Crippen LogP contribution in [0.15, 0.2) is 0 Å². The van der Waals surface area contributed by atoms with Crippen LogP contribution in [0.4, 0.5) is 125 Å². The molecule has 0 unspecified atom stereocenters. The third kappa shape index (κ3) is 10500. The Kier molecular flexibility index (Phi) is 40.3. The molecule has 0 aliphatic heterocycles. The van der Waals surface area contributed by atoms with Crippen molar-refractivity contribution in [3.05, 3.63) is 0 Å². The van der Waals surface area contributed by atoms with Crippen molar-refractivity contribution in [1.82, 2.24) is 0 Å². The van der Waals surface area contributed by atoms with Gasteiger partial charge in [0.2, 0.25) is 0 Å². The summed E-state index contributed by atoms with van der Waals surface area (Å²) >= 11 is -1.37. The van der Waals surface area contributed by atoms with E-state index in [1.54, 1.807) is 0 Å². The second kappa shape index (κ2) is 26.5. The van der Waals surface area contributed by atoms with Crippen molar-refractivity contribution in [2.75, 3.05) is 0 Å². The molecule has 0 aliphatic carbocycles. The van der Waals surface area contributed by atoms with Crippen LogP contribution in [-0.4, -0.2) is 106 Å². The van der Waals surface area contributed by atoms with Crippen molar-refractivity contribution in [3.63, 3.8) is 0 Å². The first-order valence-corrected chi connectivity index (χ1v) is 43.7. The molecule has 0 fully saturated rings. The fourth-order valence-corrected chi connectivity index (χ4v) is 0. The third-order valence-electron chi connectivity index (χ3n) is 0. The zero-order valence-electron chi connectivity index (χ0n) is 27.3. The smallest absolute Gasteiger partial charge is 0.0754 e. The quantitative estimate of drug-likeness (QED) is 0.0368. The Hall–Kier alpha value is 5.57. The largest absolute Gasteiger partial charge is 0.283 e. The van der Waals surface area contributed by atoms with Gasteiger partial charge in [-0.15, -0.1) is 0 Å². The minimum absolute atomic E-state index is 0.500. The van der Waals surface area contributed by atoms with Gasteiger partial charge in [0.25, 0.3) is 21.2 Å². The molecule has 0 aromatic rings. The SMILES string of the molecule is F[As-](F)(F)(F)(F)F.F[As-](F)(F)(F)(F)F.F[As-](F)(F)(F)(F)F.F[As-](F)(F)(F)(F)F.F[As-](F)(F)(F)(F)F.F[As-](F)(F)(F)(F)F.SC(S)=[SH+].SC(S)=[SH+].SC(S)=[SH+].SC(S)=[SH+].SC(S)=[SH+].SC(S)=[SH+]. The van der Waals surface area contributed by atoms with E-state index in [2.05, 4.69) is 225 Å². The van der Waals surface area contributed by atoms with Crippen LogP contribution in [0, 0.1) is 0 Å². The summed E-state index contributed by atoms with van der Waals surface area (Å²) in [4.78, 5) is 0. The number of hydrogen-bond acceptors (Lipinski definition) is 0. The predicted octanol–water partition coefficient (Wildman–Crippen LogP) is 14.1. The van der Waals surface area contributed by atoms with Gasteiger partial charge in [-0.25, -0.2) is 0 Å². The zero-order valence-corrected chi connectivity index (χ0v) is 54.7. The molecule has 60 heteroatoms. The van der Waals surface area contributed by atoms with Crippen LogP contribution in [0.5, 0.6) is 0 Å². The third-order valence-corrected chi connectivity index (χ3v) is 0. The Labute approximate surface area is 449 Å². The molecule has 0 heterocycles. The summed E-state index contributed by atoms with van der Waals surface area (Å²) in [5, 5.41) is 0. The van der Waals surface area contributed by atoms with E-state index in [0.29, 0.717) is 21.2 Å². The van der Waals surface area contributed by atoms with Gasteiger partial charge in [0.15, 0.2) is 73.3 Å². The molecule has 432 valence electrons. The van der Waals surface area contributed by atoms with Crippen LogP contribution < -0.4 is 0 Å². The van der Waals surface area contributed by atoms with Crippen molar-refractivity contribution in [2.24, 2.45) is 0 Å². The van der Waals surface area contributed by atoms with E-state index in [1.807, 2.05) is 0 Å². The number of hydrogen-bond donors (Lipinski definition) is 12. The Morgan fingerprint density at radius 2 is 0.152 bits per heavy atom. The van der Waals surface area contributed by atoms with E-state index < -0.39 is 85.0 Å². The second-order valence-electron chi connectivity index (χ2n) is 7.55. The molecule has 0 atom stereocenters. The first-order valence-electron chi connectivity index (χ1n) is 10.1. The molecule has 0 bridgehead atoms. The molecule has 0 aromatic heterocycles. The van der Waals surface area contributed by atoms with Gasteiger partial charge in [0.1, 0.15) is 0 Å². The average Bonchev–Trinajstić information content (AvgIpc) is 2.46. The van der Waals surface area contributed by atoms with Gasteiger partial charge in [-0.1, -0.05) is 152 Å². The van der Waals surface area contributed by atoms with E-state index in [4.69, 9.17) is 0 Å². The normalized spacial score (nSPS) is 17.1. The monoisotopic (exact) mass is 1800 g/mol. The van der Waals surface area contributed by atoms with Gasteiger partial charge in [-0.05, 0) is 0 Å². The number of rotatable bonds is 0. The molecule has 0 saturated carbocycles. The summed E-state index contributed by atoms with van der Waals surface area (Å²) in [5.74, 6) is 0. The molecule has 0 N–H and O–H groups in total. The fraction of sp³-hybridized carbons (Fsp3) is 0. The summed E-state index contributed by atoms with van der Waals surface area (Å²) in [7, 11) is 0. The summed E-state index contributed by atoms with van der Waals surface area (Å²) in [6.45, 7) is 0. The number of halogens is 36. The first kappa shape index (κ1) is 100. The topological polar surface area (TPSA) is 0 Å². The van der Waals surface area contributed by atoms with E-state index in [1.165, 1.54) is 0 Å². The van der Waals surface area contributed by atoms with Crippen LogP contribution in [0.2, 0.25) is 0 Å². The maximum atomic E-state index is 9.91.